The molecule has 0 saturated heterocycles. The standard InChI is InChI=1S/C2H4O2.Y/c1-2(3)4;/h1H3,(H,3,4);/q;+3/p-1. The number of rotatable bonds is 0. The molecule has 3 heteroatoms. The maximum Gasteiger partial charge on any atom is 3.00 e. The summed E-state index contributed by atoms with van der Waals surface area (Å²) in [6.45, 7) is 0.972. The molecule has 0 rings (SSSR count). The average Bonchev–Trinajstić information content (AvgIpc) is 0.811. The summed E-state index contributed by atoms with van der Waals surface area (Å²) in [6, 6.07) is 0. The normalized spacial score (nSPS) is 5.00. The predicted octanol–water partition coefficient (Wildman–Crippen LogP) is -1.25. The van der Waals surface area contributed by atoms with Gasteiger partial charge in [-0.25, -0.2) is 0 Å². The first-order chi connectivity index (χ1) is 1.73. The van der Waals surface area contributed by atoms with Crippen molar-refractivity contribution >= 4 is 5.97 Å². The Labute approximate surface area is 55.4 Å². The Bertz CT molecular complexity index is 30.6. The first-order valence-electron chi connectivity index (χ1n) is 0.908. The van der Waals surface area contributed by atoms with Gasteiger partial charge in [-0.15, -0.1) is 0 Å². The summed E-state index contributed by atoms with van der Waals surface area (Å²) in [7, 11) is 0. The van der Waals surface area contributed by atoms with Crippen molar-refractivity contribution < 1.29 is 42.6 Å². The molecule has 0 heterocycles. The Morgan fingerprint density at radius 3 is 1.80 bits per heavy atom. The topological polar surface area (TPSA) is 40.1 Å². The van der Waals surface area contributed by atoms with Crippen LogP contribution >= 0.6 is 0 Å². The van der Waals surface area contributed by atoms with E-state index in [4.69, 9.17) is 9.90 Å². The molecule has 0 unspecified atom stereocenters. The van der Waals surface area contributed by atoms with Gasteiger partial charge in [0.1, 0.15) is 0 Å². The minimum atomic E-state index is -1.08. The Balaban J connectivity index is 0. The smallest absolute Gasteiger partial charge is 0.550 e. The quantitative estimate of drug-likeness (QED) is 0.430. The first-order valence-corrected chi connectivity index (χ1v) is 0.908. The van der Waals surface area contributed by atoms with Crippen molar-refractivity contribution in [3.8, 4) is 0 Å². The summed E-state index contributed by atoms with van der Waals surface area (Å²) in [5, 5.41) is 8.89. The zero-order valence-corrected chi connectivity index (χ0v) is 5.73. The van der Waals surface area contributed by atoms with E-state index in [1.807, 2.05) is 0 Å². The molecule has 0 saturated carbocycles. The number of carbonyl (C=O) groups is 1. The van der Waals surface area contributed by atoms with Crippen molar-refractivity contribution in [1.29, 1.82) is 0 Å². The number of aliphatic carboxylic acids is 1. The molecule has 0 amide bonds. The van der Waals surface area contributed by atoms with Gasteiger partial charge in [-0.3, -0.25) is 0 Å². The Kier molecular flexibility index (Phi) is 8.35. The first kappa shape index (κ1) is 9.13. The molecule has 0 aliphatic rings. The van der Waals surface area contributed by atoms with Crippen LogP contribution in [0.4, 0.5) is 0 Å². The molecule has 0 bridgehead atoms. The zero-order chi connectivity index (χ0) is 3.58. The summed E-state index contributed by atoms with van der Waals surface area (Å²) >= 11 is 0. The van der Waals surface area contributed by atoms with Gasteiger partial charge in [0.25, 0.3) is 0 Å². The third kappa shape index (κ3) is 92.0. The van der Waals surface area contributed by atoms with E-state index >= 15 is 0 Å². The van der Waals surface area contributed by atoms with E-state index in [1.54, 1.807) is 0 Å². The van der Waals surface area contributed by atoms with E-state index in [0.29, 0.717) is 0 Å². The average molecular weight is 148 g/mol. The number of carbonyl (C=O) groups excluding carboxylic acids is 1. The summed E-state index contributed by atoms with van der Waals surface area (Å²) in [5.74, 6) is -1.08. The van der Waals surface area contributed by atoms with Gasteiger partial charge in [-0.1, -0.05) is 0 Å². The molecule has 5 heavy (non-hydrogen) atoms. The second-order valence-electron chi connectivity index (χ2n) is 0.492. The van der Waals surface area contributed by atoms with Gasteiger partial charge >= 0.3 is 32.7 Å². The molecule has 0 fully saturated rings. The van der Waals surface area contributed by atoms with E-state index in [9.17, 15) is 0 Å². The monoisotopic (exact) mass is 148 g/mol. The molecular formula is C2H3O2Y+2. The van der Waals surface area contributed by atoms with Crippen LogP contribution in [0.15, 0.2) is 0 Å². The SMILES string of the molecule is CC(=O)[O-].[Y+3]. The summed E-state index contributed by atoms with van der Waals surface area (Å²) in [4.78, 5) is 8.89. The Morgan fingerprint density at radius 2 is 1.80 bits per heavy atom. The number of hydrogen-bond acceptors (Lipinski definition) is 2. The number of carboxylic acids is 1. The summed E-state index contributed by atoms with van der Waals surface area (Å²) in [5.41, 5.74) is 0. The number of carboxylic acid groups (broad SMARTS) is 1. The van der Waals surface area contributed by atoms with Crippen LogP contribution in [-0.4, -0.2) is 5.97 Å². The van der Waals surface area contributed by atoms with Gasteiger partial charge in [0.05, 0.1) is 0 Å². The van der Waals surface area contributed by atoms with Crippen molar-refractivity contribution in [1.82, 2.24) is 0 Å². The maximum atomic E-state index is 8.89. The van der Waals surface area contributed by atoms with E-state index in [0.717, 1.165) is 6.92 Å². The molecule has 0 spiro atoms. The fourth-order valence-corrected chi connectivity index (χ4v) is 0. The third-order valence-electron chi connectivity index (χ3n) is 0. The van der Waals surface area contributed by atoms with Crippen LogP contribution in [0.25, 0.3) is 0 Å². The van der Waals surface area contributed by atoms with Crippen molar-refractivity contribution in [2.75, 3.05) is 0 Å². The van der Waals surface area contributed by atoms with E-state index in [2.05, 4.69) is 0 Å². The van der Waals surface area contributed by atoms with E-state index in [-0.39, 0.29) is 32.7 Å². The van der Waals surface area contributed by atoms with Crippen LogP contribution in [0, 0.1) is 0 Å². The molecule has 0 N–H and O–H groups in total. The minimum absolute atomic E-state index is 0. The molecule has 0 radical (unpaired) electrons. The Hall–Kier alpha value is 0.574. The molecule has 0 aromatic carbocycles. The molecule has 0 aromatic heterocycles. The van der Waals surface area contributed by atoms with Crippen LogP contribution < -0.4 is 5.11 Å². The molecule has 0 aliphatic carbocycles. The molecule has 0 aromatic rings. The fourth-order valence-electron chi connectivity index (χ4n) is 0. The van der Waals surface area contributed by atoms with E-state index in [1.165, 1.54) is 0 Å². The molecule has 0 aliphatic heterocycles. The van der Waals surface area contributed by atoms with Gasteiger partial charge in [-0.05, 0) is 6.92 Å². The van der Waals surface area contributed by atoms with Crippen molar-refractivity contribution in [2.45, 2.75) is 6.92 Å². The molecule has 2 nitrogen and oxygen atoms in total. The Morgan fingerprint density at radius 1 is 1.80 bits per heavy atom. The second kappa shape index (κ2) is 4.57. The van der Waals surface area contributed by atoms with Crippen LogP contribution in [-0.2, 0) is 37.5 Å². The largest absolute Gasteiger partial charge is 3.00 e. The number of hydrogen-bond donors (Lipinski definition) is 0. The third-order valence-corrected chi connectivity index (χ3v) is 0. The van der Waals surface area contributed by atoms with Crippen LogP contribution in [0.2, 0.25) is 0 Å². The van der Waals surface area contributed by atoms with Crippen molar-refractivity contribution in [3.05, 3.63) is 0 Å². The zero-order valence-electron chi connectivity index (χ0n) is 2.89. The fraction of sp³-hybridized carbons (Fsp3) is 0.500. The van der Waals surface area contributed by atoms with Gasteiger partial charge in [0.2, 0.25) is 0 Å². The van der Waals surface area contributed by atoms with Gasteiger partial charge in [0, 0.05) is 5.97 Å². The van der Waals surface area contributed by atoms with Gasteiger partial charge < -0.3 is 9.90 Å². The summed E-state index contributed by atoms with van der Waals surface area (Å²) in [6.07, 6.45) is 0. The summed E-state index contributed by atoms with van der Waals surface area (Å²) < 4.78 is 0. The van der Waals surface area contributed by atoms with Gasteiger partial charge in [-0.2, -0.15) is 0 Å². The van der Waals surface area contributed by atoms with Crippen LogP contribution in [0.5, 0.6) is 0 Å². The predicted molar refractivity (Wildman–Crippen MR) is 10.7 cm³/mol. The molecule has 24 valence electrons. The van der Waals surface area contributed by atoms with Crippen LogP contribution in [0.3, 0.4) is 0 Å². The van der Waals surface area contributed by atoms with Gasteiger partial charge in [0.15, 0.2) is 0 Å². The maximum absolute atomic E-state index is 8.89. The van der Waals surface area contributed by atoms with Crippen molar-refractivity contribution in [2.24, 2.45) is 0 Å². The van der Waals surface area contributed by atoms with E-state index < -0.39 is 5.97 Å². The molecule has 0 atom stereocenters. The minimum Gasteiger partial charge on any atom is -0.550 e. The molecular weight excluding hydrogens is 145 g/mol. The van der Waals surface area contributed by atoms with Crippen molar-refractivity contribution in [3.63, 3.8) is 0 Å². The second-order valence-corrected chi connectivity index (χ2v) is 0.492. The van der Waals surface area contributed by atoms with Crippen LogP contribution in [0.1, 0.15) is 6.92 Å².